The van der Waals surface area contributed by atoms with Crippen molar-refractivity contribution in [3.05, 3.63) is 30.0 Å². The van der Waals surface area contributed by atoms with Gasteiger partial charge < -0.3 is 13.9 Å². The Morgan fingerprint density at radius 1 is 1.57 bits per heavy atom. The van der Waals surface area contributed by atoms with E-state index in [1.165, 1.54) is 12.5 Å². The fraction of sp³-hybridized carbons (Fsp3) is 0.111. The number of aryl methyl sites for hydroxylation is 1. The molecule has 0 aliphatic rings. The van der Waals surface area contributed by atoms with Crippen LogP contribution in [0.1, 0.15) is 16.2 Å². The van der Waals surface area contributed by atoms with Crippen molar-refractivity contribution in [2.24, 2.45) is 0 Å². The van der Waals surface area contributed by atoms with Crippen LogP contribution in [0.15, 0.2) is 27.4 Å². The molecule has 1 N–H and O–H groups in total. The highest BCUT2D eigenvalue weighted by Gasteiger charge is 2.17. The van der Waals surface area contributed by atoms with E-state index >= 15 is 0 Å². The van der Waals surface area contributed by atoms with E-state index in [1.54, 1.807) is 13.0 Å². The van der Waals surface area contributed by atoms with Gasteiger partial charge in [-0.1, -0.05) is 0 Å². The van der Waals surface area contributed by atoms with Crippen LogP contribution in [0.25, 0.3) is 11.5 Å². The monoisotopic (exact) mass is 193 g/mol. The third-order valence-corrected chi connectivity index (χ3v) is 1.77. The Morgan fingerprint density at radius 2 is 2.36 bits per heavy atom. The van der Waals surface area contributed by atoms with Crippen molar-refractivity contribution in [1.82, 2.24) is 4.98 Å². The summed E-state index contributed by atoms with van der Waals surface area (Å²) in [5.41, 5.74) is 0.557. The van der Waals surface area contributed by atoms with E-state index in [4.69, 9.17) is 13.9 Å². The standard InChI is InChI=1S/C9H7NO4/c1-5-7(9(11)12)10-8(14-5)6-2-3-13-4-6/h2-4H,1H3,(H,11,12). The normalized spacial score (nSPS) is 10.4. The summed E-state index contributed by atoms with van der Waals surface area (Å²) in [4.78, 5) is 14.5. The molecule has 0 saturated heterocycles. The van der Waals surface area contributed by atoms with Crippen molar-refractivity contribution in [3.63, 3.8) is 0 Å². The summed E-state index contributed by atoms with van der Waals surface area (Å²) in [6.07, 6.45) is 2.91. The summed E-state index contributed by atoms with van der Waals surface area (Å²) < 4.78 is 10.00. The maximum atomic E-state index is 10.7. The summed E-state index contributed by atoms with van der Waals surface area (Å²) in [5.74, 6) is -0.552. The molecule has 0 aromatic carbocycles. The molecule has 0 fully saturated rings. The summed E-state index contributed by atoms with van der Waals surface area (Å²) in [5, 5.41) is 8.73. The van der Waals surface area contributed by atoms with E-state index in [9.17, 15) is 4.79 Å². The topological polar surface area (TPSA) is 76.5 Å². The van der Waals surface area contributed by atoms with Gasteiger partial charge in [-0.15, -0.1) is 0 Å². The van der Waals surface area contributed by atoms with Gasteiger partial charge >= 0.3 is 5.97 Å². The number of hydrogen-bond acceptors (Lipinski definition) is 4. The van der Waals surface area contributed by atoms with Gasteiger partial charge in [0.05, 0.1) is 11.8 Å². The third-order valence-electron chi connectivity index (χ3n) is 1.77. The minimum absolute atomic E-state index is 0.0683. The summed E-state index contributed by atoms with van der Waals surface area (Å²) in [7, 11) is 0. The van der Waals surface area contributed by atoms with Crippen LogP contribution in [-0.2, 0) is 0 Å². The second kappa shape index (κ2) is 3.02. The molecule has 14 heavy (non-hydrogen) atoms. The number of carboxylic acid groups (broad SMARTS) is 1. The van der Waals surface area contributed by atoms with Crippen LogP contribution in [0.5, 0.6) is 0 Å². The SMILES string of the molecule is Cc1oc(-c2ccoc2)nc1C(=O)O. The molecule has 0 atom stereocenters. The molecular weight excluding hydrogens is 186 g/mol. The van der Waals surface area contributed by atoms with Crippen LogP contribution in [0.3, 0.4) is 0 Å². The Labute approximate surface area is 79.0 Å². The first-order valence-corrected chi connectivity index (χ1v) is 3.92. The molecule has 2 rings (SSSR count). The molecule has 72 valence electrons. The molecule has 0 unspecified atom stereocenters. The van der Waals surface area contributed by atoms with Gasteiger partial charge in [0.25, 0.3) is 0 Å². The molecule has 2 aromatic rings. The third kappa shape index (κ3) is 1.28. The van der Waals surface area contributed by atoms with Gasteiger partial charge in [-0.2, -0.15) is 0 Å². The lowest BCUT2D eigenvalue weighted by Gasteiger charge is -1.83. The van der Waals surface area contributed by atoms with Gasteiger partial charge in [-0.3, -0.25) is 0 Å². The van der Waals surface area contributed by atoms with Crippen molar-refractivity contribution >= 4 is 5.97 Å². The van der Waals surface area contributed by atoms with Crippen LogP contribution in [0.4, 0.5) is 0 Å². The van der Waals surface area contributed by atoms with Gasteiger partial charge in [0.15, 0.2) is 5.69 Å². The highest BCUT2D eigenvalue weighted by Crippen LogP contribution is 2.21. The molecule has 0 aliphatic carbocycles. The largest absolute Gasteiger partial charge is 0.476 e. The Hall–Kier alpha value is -2.04. The molecular formula is C9H7NO4. The Bertz CT molecular complexity index is 455. The van der Waals surface area contributed by atoms with E-state index in [0.29, 0.717) is 5.56 Å². The number of carboxylic acids is 1. The van der Waals surface area contributed by atoms with Gasteiger partial charge in [-0.25, -0.2) is 9.78 Å². The predicted octanol–water partition coefficient (Wildman–Crippen LogP) is 1.94. The minimum atomic E-state index is -1.10. The van der Waals surface area contributed by atoms with E-state index in [-0.39, 0.29) is 17.3 Å². The van der Waals surface area contributed by atoms with Crippen molar-refractivity contribution in [2.45, 2.75) is 6.92 Å². The van der Waals surface area contributed by atoms with Crippen molar-refractivity contribution in [3.8, 4) is 11.5 Å². The molecule has 0 aliphatic heterocycles. The fourth-order valence-corrected chi connectivity index (χ4v) is 1.10. The number of aromatic nitrogens is 1. The lowest BCUT2D eigenvalue weighted by molar-refractivity contribution is 0.0689. The van der Waals surface area contributed by atoms with Crippen molar-refractivity contribution in [2.75, 3.05) is 0 Å². The summed E-state index contributed by atoms with van der Waals surface area (Å²) in [6, 6.07) is 1.65. The molecule has 0 bridgehead atoms. The van der Waals surface area contributed by atoms with E-state index < -0.39 is 5.97 Å². The number of furan rings is 1. The second-order valence-corrected chi connectivity index (χ2v) is 2.74. The van der Waals surface area contributed by atoms with Crippen LogP contribution in [0.2, 0.25) is 0 Å². The van der Waals surface area contributed by atoms with E-state index in [2.05, 4.69) is 4.98 Å². The van der Waals surface area contributed by atoms with E-state index in [0.717, 1.165) is 0 Å². The molecule has 2 aromatic heterocycles. The van der Waals surface area contributed by atoms with Gasteiger partial charge in [0.2, 0.25) is 5.89 Å². The highest BCUT2D eigenvalue weighted by atomic mass is 16.4. The zero-order chi connectivity index (χ0) is 10.1. The number of carbonyl (C=O) groups is 1. The average Bonchev–Trinajstić information content (AvgIpc) is 2.70. The Morgan fingerprint density at radius 3 is 2.86 bits per heavy atom. The van der Waals surface area contributed by atoms with Crippen LogP contribution < -0.4 is 0 Å². The lowest BCUT2D eigenvalue weighted by Crippen LogP contribution is -1.98. The predicted molar refractivity (Wildman–Crippen MR) is 45.9 cm³/mol. The molecule has 0 amide bonds. The number of oxazole rings is 1. The van der Waals surface area contributed by atoms with Gasteiger partial charge in [0.1, 0.15) is 12.0 Å². The molecule has 0 radical (unpaired) electrons. The number of nitrogens with zero attached hydrogens (tertiary/aromatic N) is 1. The Kier molecular flexibility index (Phi) is 1.85. The number of aromatic carboxylic acids is 1. The Balaban J connectivity index is 2.48. The zero-order valence-corrected chi connectivity index (χ0v) is 7.35. The highest BCUT2D eigenvalue weighted by molar-refractivity contribution is 5.87. The van der Waals surface area contributed by atoms with E-state index in [1.807, 2.05) is 0 Å². The van der Waals surface area contributed by atoms with Crippen molar-refractivity contribution < 1.29 is 18.7 Å². The van der Waals surface area contributed by atoms with Gasteiger partial charge in [-0.05, 0) is 13.0 Å². The first-order valence-electron chi connectivity index (χ1n) is 3.92. The van der Waals surface area contributed by atoms with Gasteiger partial charge in [0, 0.05) is 0 Å². The smallest absolute Gasteiger partial charge is 0.358 e. The average molecular weight is 193 g/mol. The fourth-order valence-electron chi connectivity index (χ4n) is 1.10. The zero-order valence-electron chi connectivity index (χ0n) is 7.35. The van der Waals surface area contributed by atoms with Crippen molar-refractivity contribution in [1.29, 1.82) is 0 Å². The maximum Gasteiger partial charge on any atom is 0.358 e. The lowest BCUT2D eigenvalue weighted by atomic mass is 10.3. The summed E-state index contributed by atoms with van der Waals surface area (Å²) in [6.45, 7) is 1.56. The van der Waals surface area contributed by atoms with Crippen LogP contribution in [-0.4, -0.2) is 16.1 Å². The molecule has 0 saturated carbocycles. The molecule has 5 nitrogen and oxygen atoms in total. The van der Waals surface area contributed by atoms with Crippen LogP contribution in [0, 0.1) is 6.92 Å². The van der Waals surface area contributed by atoms with Crippen LogP contribution >= 0.6 is 0 Å². The molecule has 0 spiro atoms. The first-order chi connectivity index (χ1) is 6.68. The first kappa shape index (κ1) is 8.55. The maximum absolute atomic E-state index is 10.7. The minimum Gasteiger partial charge on any atom is -0.476 e. The molecule has 2 heterocycles. The molecule has 5 heteroatoms. The number of rotatable bonds is 2. The second-order valence-electron chi connectivity index (χ2n) is 2.74. The number of hydrogen-bond donors (Lipinski definition) is 1. The summed E-state index contributed by atoms with van der Waals surface area (Å²) >= 11 is 0. The quantitative estimate of drug-likeness (QED) is 0.788.